The summed E-state index contributed by atoms with van der Waals surface area (Å²) in [5.41, 5.74) is 16.1. The maximum Gasteiger partial charge on any atom is 0.247 e. The van der Waals surface area contributed by atoms with Gasteiger partial charge in [0.05, 0.1) is 18.5 Å². The van der Waals surface area contributed by atoms with E-state index in [1.165, 1.54) is 30.5 Å². The summed E-state index contributed by atoms with van der Waals surface area (Å²) >= 11 is 1.43. The topological polar surface area (TPSA) is 235 Å². The zero-order chi connectivity index (χ0) is 31.0. The van der Waals surface area contributed by atoms with E-state index in [-0.39, 0.29) is 61.4 Å². The monoisotopic (exact) mass is 609 g/mol. The second-order valence-electron chi connectivity index (χ2n) is 11.0. The van der Waals surface area contributed by atoms with E-state index in [1.807, 2.05) is 0 Å². The average molecular weight is 610 g/mol. The van der Waals surface area contributed by atoms with E-state index in [0.29, 0.717) is 6.42 Å². The Balaban J connectivity index is 1.72. The molecule has 5 atom stereocenters. The number of nitrogens with zero attached hydrogens (tertiary/aromatic N) is 3. The Morgan fingerprint density at radius 1 is 1.05 bits per heavy atom. The van der Waals surface area contributed by atoms with Gasteiger partial charge in [0.1, 0.15) is 24.2 Å². The number of nitrogens with two attached hydrogens (primary N) is 3. The first-order valence-electron chi connectivity index (χ1n) is 14.3. The minimum absolute atomic E-state index is 0.0767. The van der Waals surface area contributed by atoms with Crippen LogP contribution in [-0.2, 0) is 28.8 Å². The van der Waals surface area contributed by atoms with Crippen molar-refractivity contribution in [3.63, 3.8) is 0 Å². The zero-order valence-corrected chi connectivity index (χ0v) is 25.0. The number of hydrogen-bond donors (Lipinski definition) is 6. The minimum Gasteiger partial charge on any atom is -0.370 e. The third kappa shape index (κ3) is 8.72. The number of amides is 6. The third-order valence-electron chi connectivity index (χ3n) is 7.74. The van der Waals surface area contributed by atoms with Crippen molar-refractivity contribution in [1.82, 2.24) is 25.8 Å². The standard InChI is InChI=1S/C26H43N9O6S/c1-14(31-15(2)36)23(39)33-18-13-42-20-12-34(11-19(37)32-17(22(27)38)9-6-10-30-26(28)29)25(41)21(35(20)24(18)40)16-7-4-3-5-8-16/h14,16-18,20-21H,3-13H2,1-2H3,(H2,27,38)(H,31,36)(H,32,37)(H,33,39)(H4,28,29,30)/t14-,17-,18-,20-,21+/m0/s1. The molecule has 1 saturated carbocycles. The van der Waals surface area contributed by atoms with E-state index in [9.17, 15) is 28.8 Å². The molecule has 0 unspecified atom stereocenters. The molecular weight excluding hydrogens is 566 g/mol. The van der Waals surface area contributed by atoms with Crippen molar-refractivity contribution >= 4 is 53.2 Å². The highest BCUT2D eigenvalue weighted by Gasteiger charge is 2.51. The van der Waals surface area contributed by atoms with E-state index in [0.717, 1.165) is 32.1 Å². The summed E-state index contributed by atoms with van der Waals surface area (Å²) in [7, 11) is 0. The molecule has 16 heteroatoms. The fraction of sp³-hybridized carbons (Fsp3) is 0.731. The first-order valence-corrected chi connectivity index (χ1v) is 15.4. The average Bonchev–Trinajstić information content (AvgIpc) is 2.92. The van der Waals surface area contributed by atoms with Gasteiger partial charge in [0.25, 0.3) is 0 Å². The van der Waals surface area contributed by atoms with Gasteiger partial charge in [0, 0.05) is 19.2 Å². The number of fused-ring (bicyclic) bond motifs is 1. The molecule has 2 heterocycles. The first-order chi connectivity index (χ1) is 19.9. The molecule has 2 aliphatic heterocycles. The molecule has 9 N–H and O–H groups in total. The smallest absolute Gasteiger partial charge is 0.247 e. The predicted octanol–water partition coefficient (Wildman–Crippen LogP) is -2.29. The lowest BCUT2D eigenvalue weighted by atomic mass is 9.81. The number of carbonyl (C=O) groups is 6. The van der Waals surface area contributed by atoms with Gasteiger partial charge in [-0.05, 0) is 38.5 Å². The normalized spacial score (nSPS) is 24.2. The Bertz CT molecular complexity index is 1080. The number of carbonyl (C=O) groups excluding carboxylic acids is 6. The van der Waals surface area contributed by atoms with Crippen molar-refractivity contribution in [1.29, 1.82) is 0 Å². The fourth-order valence-corrected chi connectivity index (χ4v) is 7.04. The fourth-order valence-electron chi connectivity index (χ4n) is 5.72. The van der Waals surface area contributed by atoms with Crippen molar-refractivity contribution in [2.75, 3.05) is 25.4 Å². The molecule has 42 heavy (non-hydrogen) atoms. The Morgan fingerprint density at radius 2 is 1.74 bits per heavy atom. The lowest BCUT2D eigenvalue weighted by Crippen LogP contribution is -2.70. The summed E-state index contributed by atoms with van der Waals surface area (Å²) in [6.07, 6.45) is 5.10. The quantitative estimate of drug-likeness (QED) is 0.0792. The number of rotatable bonds is 12. The van der Waals surface area contributed by atoms with Crippen LogP contribution in [0.3, 0.4) is 0 Å². The number of primary amides is 1. The van der Waals surface area contributed by atoms with Crippen LogP contribution in [0, 0.1) is 5.92 Å². The van der Waals surface area contributed by atoms with Crippen molar-refractivity contribution in [2.24, 2.45) is 28.1 Å². The van der Waals surface area contributed by atoms with Gasteiger partial charge in [0.2, 0.25) is 35.4 Å². The Labute approximate surface area is 249 Å². The molecule has 3 rings (SSSR count). The Kier molecular flexibility index (Phi) is 11.8. The molecule has 0 aromatic rings. The predicted molar refractivity (Wildman–Crippen MR) is 156 cm³/mol. The van der Waals surface area contributed by atoms with Crippen molar-refractivity contribution in [3.05, 3.63) is 0 Å². The van der Waals surface area contributed by atoms with Crippen LogP contribution in [0.25, 0.3) is 0 Å². The Morgan fingerprint density at radius 3 is 2.36 bits per heavy atom. The van der Waals surface area contributed by atoms with Crippen LogP contribution >= 0.6 is 11.8 Å². The molecule has 0 radical (unpaired) electrons. The van der Waals surface area contributed by atoms with Crippen LogP contribution in [-0.4, -0.2) is 106 Å². The molecular formula is C26H43N9O6S. The summed E-state index contributed by atoms with van der Waals surface area (Å²) in [6, 6.07) is -3.39. The molecule has 6 amide bonds. The number of aliphatic imine (C=N–C) groups is 1. The molecule has 0 spiro atoms. The minimum atomic E-state index is -0.952. The molecule has 234 valence electrons. The molecule has 15 nitrogen and oxygen atoms in total. The highest BCUT2D eigenvalue weighted by molar-refractivity contribution is 8.00. The summed E-state index contributed by atoms with van der Waals surface area (Å²) < 4.78 is 0. The van der Waals surface area contributed by atoms with E-state index in [1.54, 1.807) is 4.90 Å². The van der Waals surface area contributed by atoms with E-state index in [2.05, 4.69) is 20.9 Å². The summed E-state index contributed by atoms with van der Waals surface area (Å²) in [5, 5.41) is 7.45. The maximum absolute atomic E-state index is 13.9. The van der Waals surface area contributed by atoms with Crippen molar-refractivity contribution in [3.8, 4) is 0 Å². The number of thioether (sulfide) groups is 1. The molecule has 0 aromatic heterocycles. The molecule has 0 aromatic carbocycles. The molecule has 0 bridgehead atoms. The van der Waals surface area contributed by atoms with Gasteiger partial charge in [-0.3, -0.25) is 33.8 Å². The molecule has 1 aliphatic carbocycles. The Hall–Kier alpha value is -3.56. The summed E-state index contributed by atoms with van der Waals surface area (Å²) in [4.78, 5) is 83.5. The number of piperazine rings is 1. The van der Waals surface area contributed by atoms with Crippen LogP contribution in [0.5, 0.6) is 0 Å². The summed E-state index contributed by atoms with van der Waals surface area (Å²) in [5.74, 6) is -2.64. The van der Waals surface area contributed by atoms with Crippen LogP contribution in [0.4, 0.5) is 0 Å². The van der Waals surface area contributed by atoms with Gasteiger partial charge in [-0.15, -0.1) is 11.8 Å². The van der Waals surface area contributed by atoms with E-state index < -0.39 is 47.3 Å². The van der Waals surface area contributed by atoms with Crippen LogP contribution in [0.15, 0.2) is 4.99 Å². The zero-order valence-electron chi connectivity index (χ0n) is 24.2. The van der Waals surface area contributed by atoms with Crippen molar-refractivity contribution < 1.29 is 28.8 Å². The van der Waals surface area contributed by atoms with Gasteiger partial charge in [-0.25, -0.2) is 0 Å². The summed E-state index contributed by atoms with van der Waals surface area (Å²) in [6.45, 7) is 2.95. The highest BCUT2D eigenvalue weighted by atomic mass is 32.2. The SMILES string of the molecule is CC(=O)N[C@@H](C)C(=O)N[C@H]1CS[C@H]2CN(CC(=O)N[C@@H](CCCN=C(N)N)C(N)=O)C(=O)[C@@H](C3CCCCC3)N2C1=O. The van der Waals surface area contributed by atoms with Gasteiger partial charge >= 0.3 is 0 Å². The van der Waals surface area contributed by atoms with Gasteiger partial charge in [-0.1, -0.05) is 19.3 Å². The second-order valence-corrected chi connectivity index (χ2v) is 12.3. The second kappa shape index (κ2) is 15.1. The van der Waals surface area contributed by atoms with E-state index in [4.69, 9.17) is 17.2 Å². The third-order valence-corrected chi connectivity index (χ3v) is 9.03. The van der Waals surface area contributed by atoms with E-state index >= 15 is 0 Å². The number of guanidine groups is 1. The molecule has 3 aliphatic rings. The lowest BCUT2D eigenvalue weighted by molar-refractivity contribution is -0.159. The van der Waals surface area contributed by atoms with Crippen molar-refractivity contribution in [2.45, 2.75) is 88.3 Å². The van der Waals surface area contributed by atoms with Crippen LogP contribution in [0.2, 0.25) is 0 Å². The lowest BCUT2D eigenvalue weighted by Gasteiger charge is -2.51. The van der Waals surface area contributed by atoms with Gasteiger partial charge in [0.15, 0.2) is 5.96 Å². The van der Waals surface area contributed by atoms with Gasteiger partial charge in [-0.2, -0.15) is 0 Å². The van der Waals surface area contributed by atoms with Gasteiger partial charge < -0.3 is 43.0 Å². The number of nitrogens with one attached hydrogen (secondary N) is 3. The van der Waals surface area contributed by atoms with Crippen LogP contribution in [0.1, 0.15) is 58.8 Å². The van der Waals surface area contributed by atoms with Crippen LogP contribution < -0.4 is 33.2 Å². The number of hydrogen-bond acceptors (Lipinski definition) is 8. The largest absolute Gasteiger partial charge is 0.370 e. The first kappa shape index (κ1) is 32.9. The molecule has 2 saturated heterocycles. The molecule has 3 fully saturated rings. The maximum atomic E-state index is 13.9. The highest BCUT2D eigenvalue weighted by Crippen LogP contribution is 2.38.